The zero-order valence-corrected chi connectivity index (χ0v) is 21.3. The number of para-hydroxylation sites is 2. The molecule has 0 spiro atoms. The average molecular weight is 490 g/mol. The van der Waals surface area contributed by atoms with Crippen LogP contribution in [0.15, 0.2) is 54.6 Å². The van der Waals surface area contributed by atoms with Crippen molar-refractivity contribution in [2.45, 2.75) is 39.8 Å². The Morgan fingerprint density at radius 2 is 1.65 bits per heavy atom. The molecule has 2 aromatic carbocycles. The van der Waals surface area contributed by atoms with Gasteiger partial charge in [0.1, 0.15) is 18.3 Å². The average Bonchev–Trinajstić information content (AvgIpc) is 2.80. The third kappa shape index (κ3) is 7.48. The van der Waals surface area contributed by atoms with Gasteiger partial charge in [0.25, 0.3) is 0 Å². The highest BCUT2D eigenvalue weighted by Crippen LogP contribution is 2.29. The lowest BCUT2D eigenvalue weighted by Gasteiger charge is -2.33. The van der Waals surface area contributed by atoms with Crippen molar-refractivity contribution in [1.82, 2.24) is 10.2 Å². The SMILES string of the molecule is CC[C@H](C(=O)NCC(C)C)N(Cc1ccccc1)C(=O)CN(c1ccccc1OC)S(C)(=O)=O. The Balaban J connectivity index is 2.43. The van der Waals surface area contributed by atoms with E-state index in [1.165, 1.54) is 12.0 Å². The van der Waals surface area contributed by atoms with Crippen LogP contribution in [-0.4, -0.2) is 57.6 Å². The second-order valence-electron chi connectivity index (χ2n) is 8.51. The van der Waals surface area contributed by atoms with E-state index >= 15 is 0 Å². The summed E-state index contributed by atoms with van der Waals surface area (Å²) in [5.41, 5.74) is 1.10. The van der Waals surface area contributed by atoms with E-state index < -0.39 is 28.5 Å². The van der Waals surface area contributed by atoms with Gasteiger partial charge in [-0.05, 0) is 30.0 Å². The lowest BCUT2D eigenvalue weighted by Crippen LogP contribution is -2.52. The fraction of sp³-hybridized carbons (Fsp3) is 0.440. The summed E-state index contributed by atoms with van der Waals surface area (Å²) < 4.78 is 31.7. The minimum atomic E-state index is -3.82. The third-order valence-electron chi connectivity index (χ3n) is 5.30. The van der Waals surface area contributed by atoms with Gasteiger partial charge in [0, 0.05) is 13.1 Å². The fourth-order valence-corrected chi connectivity index (χ4v) is 4.41. The lowest BCUT2D eigenvalue weighted by molar-refractivity contribution is -0.140. The smallest absolute Gasteiger partial charge is 0.244 e. The second-order valence-corrected chi connectivity index (χ2v) is 10.4. The highest BCUT2D eigenvalue weighted by atomic mass is 32.2. The molecule has 0 radical (unpaired) electrons. The zero-order valence-electron chi connectivity index (χ0n) is 20.5. The molecule has 0 heterocycles. The van der Waals surface area contributed by atoms with Crippen molar-refractivity contribution in [3.63, 3.8) is 0 Å². The molecule has 0 aliphatic carbocycles. The van der Waals surface area contributed by atoms with Gasteiger partial charge >= 0.3 is 0 Å². The van der Waals surface area contributed by atoms with Crippen molar-refractivity contribution in [2.24, 2.45) is 5.92 Å². The van der Waals surface area contributed by atoms with E-state index in [0.717, 1.165) is 16.1 Å². The summed E-state index contributed by atoms with van der Waals surface area (Å²) in [6, 6.07) is 15.2. The van der Waals surface area contributed by atoms with Gasteiger partial charge < -0.3 is 15.0 Å². The number of hydrogen-bond acceptors (Lipinski definition) is 5. The molecule has 1 atom stereocenters. The molecule has 2 rings (SSSR count). The molecule has 0 bridgehead atoms. The van der Waals surface area contributed by atoms with Crippen molar-refractivity contribution in [1.29, 1.82) is 0 Å². The Bertz CT molecular complexity index is 1060. The molecule has 0 saturated carbocycles. The molecule has 8 nitrogen and oxygen atoms in total. The maximum atomic E-state index is 13.6. The molecule has 0 aliphatic heterocycles. The number of nitrogens with zero attached hydrogens (tertiary/aromatic N) is 2. The normalized spacial score (nSPS) is 12.2. The summed E-state index contributed by atoms with van der Waals surface area (Å²) in [7, 11) is -2.38. The Morgan fingerprint density at radius 1 is 1.03 bits per heavy atom. The molecule has 34 heavy (non-hydrogen) atoms. The van der Waals surface area contributed by atoms with Gasteiger partial charge in [-0.2, -0.15) is 0 Å². The first-order chi connectivity index (χ1) is 16.1. The van der Waals surface area contributed by atoms with Gasteiger partial charge in [-0.3, -0.25) is 13.9 Å². The van der Waals surface area contributed by atoms with E-state index in [4.69, 9.17) is 4.74 Å². The van der Waals surface area contributed by atoms with Gasteiger partial charge in [-0.15, -0.1) is 0 Å². The van der Waals surface area contributed by atoms with Crippen LogP contribution in [-0.2, 0) is 26.2 Å². The molecule has 0 fully saturated rings. The van der Waals surface area contributed by atoms with Crippen molar-refractivity contribution < 1.29 is 22.7 Å². The molecule has 0 aliphatic rings. The highest BCUT2D eigenvalue weighted by Gasteiger charge is 2.32. The first-order valence-electron chi connectivity index (χ1n) is 11.3. The maximum absolute atomic E-state index is 13.6. The molecule has 0 unspecified atom stereocenters. The Morgan fingerprint density at radius 3 is 2.21 bits per heavy atom. The number of sulfonamides is 1. The largest absolute Gasteiger partial charge is 0.495 e. The first-order valence-corrected chi connectivity index (χ1v) is 13.1. The van der Waals surface area contributed by atoms with E-state index in [2.05, 4.69) is 5.32 Å². The van der Waals surface area contributed by atoms with Crippen LogP contribution in [0.5, 0.6) is 5.75 Å². The van der Waals surface area contributed by atoms with E-state index in [1.807, 2.05) is 51.1 Å². The summed E-state index contributed by atoms with van der Waals surface area (Å²) in [5.74, 6) is -0.154. The predicted molar refractivity (Wildman–Crippen MR) is 134 cm³/mol. The van der Waals surface area contributed by atoms with E-state index in [0.29, 0.717) is 18.7 Å². The standard InChI is InChI=1S/C25H35N3O5S/c1-6-21(25(30)26-16-19(2)3)27(17-20-12-8-7-9-13-20)24(29)18-28(34(5,31)32)22-14-10-11-15-23(22)33-4/h7-15,19,21H,6,16-18H2,1-5H3,(H,26,30)/t21-/m1/s1. The molecule has 0 aromatic heterocycles. The molecule has 2 amide bonds. The van der Waals surface area contributed by atoms with E-state index in [-0.39, 0.29) is 24.1 Å². The van der Waals surface area contributed by atoms with Gasteiger partial charge in [-0.25, -0.2) is 8.42 Å². The molecule has 2 aromatic rings. The second kappa shape index (κ2) is 12.4. The number of methoxy groups -OCH3 is 1. The summed E-state index contributed by atoms with van der Waals surface area (Å²) >= 11 is 0. The first kappa shape index (κ1) is 27.2. The van der Waals surface area contributed by atoms with Crippen molar-refractivity contribution in [3.8, 4) is 5.75 Å². The van der Waals surface area contributed by atoms with Crippen LogP contribution in [0, 0.1) is 5.92 Å². The Kier molecular flexibility index (Phi) is 9.92. The fourth-order valence-electron chi connectivity index (χ4n) is 3.55. The zero-order chi connectivity index (χ0) is 25.3. The minimum absolute atomic E-state index is 0.177. The van der Waals surface area contributed by atoms with Crippen LogP contribution in [0.4, 0.5) is 5.69 Å². The number of ether oxygens (including phenoxy) is 1. The summed E-state index contributed by atoms with van der Waals surface area (Å²) in [5, 5.41) is 2.90. The summed E-state index contributed by atoms with van der Waals surface area (Å²) in [6.45, 7) is 6.02. The maximum Gasteiger partial charge on any atom is 0.244 e. The number of carbonyl (C=O) groups is 2. The van der Waals surface area contributed by atoms with Crippen molar-refractivity contribution in [2.75, 3.05) is 30.8 Å². The van der Waals surface area contributed by atoms with Crippen molar-refractivity contribution >= 4 is 27.5 Å². The molecular formula is C25H35N3O5S. The van der Waals surface area contributed by atoms with Crippen molar-refractivity contribution in [3.05, 3.63) is 60.2 Å². The summed E-state index contributed by atoms with van der Waals surface area (Å²) in [4.78, 5) is 28.1. The van der Waals surface area contributed by atoms with Crippen LogP contribution in [0.1, 0.15) is 32.8 Å². The lowest BCUT2D eigenvalue weighted by atomic mass is 10.1. The molecule has 186 valence electrons. The topological polar surface area (TPSA) is 96.0 Å². The Hall–Kier alpha value is -3.07. The molecule has 1 N–H and O–H groups in total. The van der Waals surface area contributed by atoms with Crippen LogP contribution in [0.3, 0.4) is 0 Å². The molecular weight excluding hydrogens is 454 g/mol. The van der Waals surface area contributed by atoms with E-state index in [1.54, 1.807) is 24.3 Å². The molecule has 0 saturated heterocycles. The number of nitrogens with one attached hydrogen (secondary N) is 1. The number of anilines is 1. The number of benzene rings is 2. The quantitative estimate of drug-likeness (QED) is 0.494. The Labute approximate surface area is 202 Å². The van der Waals surface area contributed by atoms with Gasteiger partial charge in [0.2, 0.25) is 21.8 Å². The van der Waals surface area contributed by atoms with Crippen LogP contribution in [0.2, 0.25) is 0 Å². The predicted octanol–water partition coefficient (Wildman–Crippen LogP) is 3.04. The number of amides is 2. The number of hydrogen-bond donors (Lipinski definition) is 1. The van der Waals surface area contributed by atoms with Crippen LogP contribution >= 0.6 is 0 Å². The number of carbonyl (C=O) groups excluding carboxylic acids is 2. The van der Waals surface area contributed by atoms with Gasteiger partial charge in [0.05, 0.1) is 19.1 Å². The summed E-state index contributed by atoms with van der Waals surface area (Å²) in [6.07, 6.45) is 1.43. The number of rotatable bonds is 12. The van der Waals surface area contributed by atoms with Crippen LogP contribution in [0.25, 0.3) is 0 Å². The highest BCUT2D eigenvalue weighted by molar-refractivity contribution is 7.92. The molecule has 9 heteroatoms. The van der Waals surface area contributed by atoms with Crippen LogP contribution < -0.4 is 14.4 Å². The minimum Gasteiger partial charge on any atom is -0.495 e. The van der Waals surface area contributed by atoms with E-state index in [9.17, 15) is 18.0 Å². The van der Waals surface area contributed by atoms with Gasteiger partial charge in [-0.1, -0.05) is 63.2 Å². The monoisotopic (exact) mass is 489 g/mol. The van der Waals surface area contributed by atoms with Gasteiger partial charge in [0.15, 0.2) is 0 Å². The third-order valence-corrected chi connectivity index (χ3v) is 6.43.